The van der Waals surface area contributed by atoms with Gasteiger partial charge in [-0.15, -0.1) is 10.2 Å². The van der Waals surface area contributed by atoms with Gasteiger partial charge in [0.05, 0.1) is 18.1 Å². The number of carbonyl (C=O) groups excluding carboxylic acids is 1. The Bertz CT molecular complexity index is 802. The van der Waals surface area contributed by atoms with E-state index in [1.807, 2.05) is 13.0 Å². The van der Waals surface area contributed by atoms with Gasteiger partial charge in [-0.3, -0.25) is 4.79 Å². The minimum absolute atomic E-state index is 0.143. The lowest BCUT2D eigenvalue weighted by Crippen LogP contribution is -2.27. The fourth-order valence-corrected chi connectivity index (χ4v) is 2.70. The van der Waals surface area contributed by atoms with Crippen molar-refractivity contribution < 1.29 is 13.6 Å². The monoisotopic (exact) mass is 363 g/mol. The molecule has 0 aliphatic rings. The van der Waals surface area contributed by atoms with Crippen molar-refractivity contribution in [3.8, 4) is 11.5 Å². The third-order valence-electron chi connectivity index (χ3n) is 3.17. The van der Waals surface area contributed by atoms with Crippen LogP contribution in [-0.2, 0) is 4.79 Å². The number of benzene rings is 1. The first-order valence-electron chi connectivity index (χ1n) is 7.17. The van der Waals surface area contributed by atoms with Gasteiger partial charge in [0, 0.05) is 10.6 Å². The van der Waals surface area contributed by atoms with E-state index in [4.69, 9.17) is 20.4 Å². The maximum atomic E-state index is 12.0. The smallest absolute Gasteiger partial charge is 0.277 e. The lowest BCUT2D eigenvalue weighted by atomic mass is 10.2. The molecule has 3 rings (SSSR count). The fraction of sp³-hybridized carbons (Fsp3) is 0.188. The predicted molar refractivity (Wildman–Crippen MR) is 90.7 cm³/mol. The average molecular weight is 364 g/mol. The van der Waals surface area contributed by atoms with Gasteiger partial charge in [0.15, 0.2) is 0 Å². The molecule has 1 atom stereocenters. The van der Waals surface area contributed by atoms with Crippen molar-refractivity contribution in [1.82, 2.24) is 15.5 Å². The van der Waals surface area contributed by atoms with Crippen LogP contribution in [0.15, 0.2) is 56.7 Å². The Hall–Kier alpha value is -2.25. The predicted octanol–water partition coefficient (Wildman–Crippen LogP) is 3.95. The number of halogens is 1. The topological polar surface area (TPSA) is 81.2 Å². The van der Waals surface area contributed by atoms with Gasteiger partial charge in [0.25, 0.3) is 5.22 Å². The number of aromatic nitrogens is 2. The fourth-order valence-electron chi connectivity index (χ4n) is 2.00. The van der Waals surface area contributed by atoms with Crippen molar-refractivity contribution in [2.75, 3.05) is 5.75 Å². The zero-order valence-corrected chi connectivity index (χ0v) is 14.3. The number of hydrogen-bond donors (Lipinski definition) is 1. The molecule has 0 saturated heterocycles. The number of nitrogens with zero attached hydrogens (tertiary/aromatic N) is 2. The minimum atomic E-state index is -0.194. The van der Waals surface area contributed by atoms with E-state index < -0.39 is 0 Å². The SMILES string of the molecule is C[C@@H](NC(=O)CSc1nnc(-c2ccc(Cl)cc2)o1)c1ccco1. The van der Waals surface area contributed by atoms with E-state index in [-0.39, 0.29) is 17.7 Å². The summed E-state index contributed by atoms with van der Waals surface area (Å²) in [6.45, 7) is 1.85. The maximum absolute atomic E-state index is 12.0. The third-order valence-corrected chi connectivity index (χ3v) is 4.24. The summed E-state index contributed by atoms with van der Waals surface area (Å²) in [6, 6.07) is 10.5. The van der Waals surface area contributed by atoms with Crippen LogP contribution in [0.5, 0.6) is 0 Å². The Balaban J connectivity index is 1.53. The molecule has 0 aliphatic heterocycles. The number of thioether (sulfide) groups is 1. The van der Waals surface area contributed by atoms with E-state index in [1.54, 1.807) is 36.6 Å². The van der Waals surface area contributed by atoms with E-state index in [0.717, 1.165) is 5.56 Å². The van der Waals surface area contributed by atoms with Crippen LogP contribution in [0.25, 0.3) is 11.5 Å². The standard InChI is InChI=1S/C16H14ClN3O3S/c1-10(13-3-2-8-22-13)18-14(21)9-24-16-20-19-15(23-16)11-4-6-12(17)7-5-11/h2-8,10H,9H2,1H3,(H,18,21)/t10-/m1/s1. The van der Waals surface area contributed by atoms with Gasteiger partial charge in [0.1, 0.15) is 5.76 Å². The summed E-state index contributed by atoms with van der Waals surface area (Å²) in [5.74, 6) is 1.12. The van der Waals surface area contributed by atoms with E-state index in [1.165, 1.54) is 11.8 Å². The molecule has 2 heterocycles. The molecule has 6 nitrogen and oxygen atoms in total. The van der Waals surface area contributed by atoms with Gasteiger partial charge in [-0.1, -0.05) is 23.4 Å². The lowest BCUT2D eigenvalue weighted by molar-refractivity contribution is -0.119. The second-order valence-corrected chi connectivity index (χ2v) is 6.34. The van der Waals surface area contributed by atoms with Crippen LogP contribution >= 0.6 is 23.4 Å². The summed E-state index contributed by atoms with van der Waals surface area (Å²) in [6.07, 6.45) is 1.57. The highest BCUT2D eigenvalue weighted by molar-refractivity contribution is 7.99. The Kier molecular flexibility index (Phi) is 5.22. The van der Waals surface area contributed by atoms with E-state index in [0.29, 0.717) is 21.9 Å². The van der Waals surface area contributed by atoms with Crippen molar-refractivity contribution in [3.63, 3.8) is 0 Å². The summed E-state index contributed by atoms with van der Waals surface area (Å²) in [5.41, 5.74) is 0.773. The Labute approximate surface area is 147 Å². The van der Waals surface area contributed by atoms with Gasteiger partial charge in [-0.25, -0.2) is 0 Å². The summed E-state index contributed by atoms with van der Waals surface area (Å²) in [7, 11) is 0. The van der Waals surface area contributed by atoms with E-state index in [2.05, 4.69) is 15.5 Å². The number of furan rings is 1. The van der Waals surface area contributed by atoms with Crippen molar-refractivity contribution in [2.45, 2.75) is 18.2 Å². The number of hydrogen-bond acceptors (Lipinski definition) is 6. The summed E-state index contributed by atoms with van der Waals surface area (Å²) < 4.78 is 10.8. The van der Waals surface area contributed by atoms with Gasteiger partial charge >= 0.3 is 0 Å². The quantitative estimate of drug-likeness (QED) is 0.668. The van der Waals surface area contributed by atoms with Crippen LogP contribution in [0.1, 0.15) is 18.7 Å². The van der Waals surface area contributed by atoms with Crippen LogP contribution in [-0.4, -0.2) is 21.9 Å². The molecule has 0 saturated carbocycles. The summed E-state index contributed by atoms with van der Waals surface area (Å²) >= 11 is 7.02. The van der Waals surface area contributed by atoms with E-state index >= 15 is 0 Å². The molecule has 3 aromatic rings. The number of nitrogens with one attached hydrogen (secondary N) is 1. The molecule has 0 unspecified atom stereocenters. The number of amides is 1. The third kappa shape index (κ3) is 4.18. The second-order valence-electron chi connectivity index (χ2n) is 4.97. The van der Waals surface area contributed by atoms with Gasteiger partial charge in [-0.2, -0.15) is 0 Å². The number of rotatable bonds is 6. The highest BCUT2D eigenvalue weighted by Crippen LogP contribution is 2.24. The summed E-state index contributed by atoms with van der Waals surface area (Å²) in [5, 5.41) is 11.7. The Morgan fingerprint density at radius 1 is 1.29 bits per heavy atom. The van der Waals surface area contributed by atoms with Crippen molar-refractivity contribution >= 4 is 29.3 Å². The minimum Gasteiger partial charge on any atom is -0.467 e. The van der Waals surface area contributed by atoms with Crippen LogP contribution < -0.4 is 5.32 Å². The molecule has 2 aromatic heterocycles. The molecule has 124 valence electrons. The molecule has 8 heteroatoms. The molecule has 0 radical (unpaired) electrons. The van der Waals surface area contributed by atoms with E-state index in [9.17, 15) is 4.79 Å². The Morgan fingerprint density at radius 2 is 2.08 bits per heavy atom. The molecule has 0 aliphatic carbocycles. The number of carbonyl (C=O) groups is 1. The molecular formula is C16H14ClN3O3S. The molecular weight excluding hydrogens is 350 g/mol. The zero-order valence-electron chi connectivity index (χ0n) is 12.7. The van der Waals surface area contributed by atoms with Crippen LogP contribution in [0.4, 0.5) is 0 Å². The van der Waals surface area contributed by atoms with Crippen molar-refractivity contribution in [1.29, 1.82) is 0 Å². The molecule has 0 bridgehead atoms. The first-order valence-corrected chi connectivity index (χ1v) is 8.53. The second kappa shape index (κ2) is 7.55. The van der Waals surface area contributed by atoms with Gasteiger partial charge < -0.3 is 14.2 Å². The largest absolute Gasteiger partial charge is 0.467 e. The maximum Gasteiger partial charge on any atom is 0.277 e. The zero-order chi connectivity index (χ0) is 16.9. The molecule has 1 amide bonds. The van der Waals surface area contributed by atoms with Crippen LogP contribution in [0, 0.1) is 0 Å². The highest BCUT2D eigenvalue weighted by atomic mass is 35.5. The molecule has 24 heavy (non-hydrogen) atoms. The van der Waals surface area contributed by atoms with Crippen LogP contribution in [0.3, 0.4) is 0 Å². The van der Waals surface area contributed by atoms with Gasteiger partial charge in [0.2, 0.25) is 11.8 Å². The molecule has 0 fully saturated rings. The normalized spacial score (nSPS) is 12.1. The molecule has 0 spiro atoms. The molecule has 1 aromatic carbocycles. The Morgan fingerprint density at radius 3 is 2.79 bits per heavy atom. The highest BCUT2D eigenvalue weighted by Gasteiger charge is 2.14. The van der Waals surface area contributed by atoms with Crippen molar-refractivity contribution in [3.05, 3.63) is 53.4 Å². The van der Waals surface area contributed by atoms with Gasteiger partial charge in [-0.05, 0) is 43.3 Å². The average Bonchev–Trinajstić information content (AvgIpc) is 3.25. The first kappa shape index (κ1) is 16.6. The van der Waals surface area contributed by atoms with Crippen LogP contribution in [0.2, 0.25) is 5.02 Å². The summed E-state index contributed by atoms with van der Waals surface area (Å²) in [4.78, 5) is 12.0. The molecule has 1 N–H and O–H groups in total. The first-order chi connectivity index (χ1) is 11.6. The lowest BCUT2D eigenvalue weighted by Gasteiger charge is -2.10. The van der Waals surface area contributed by atoms with Crippen molar-refractivity contribution in [2.24, 2.45) is 0 Å².